The number of carbonyl (C=O) groups is 1. The highest BCUT2D eigenvalue weighted by Gasteiger charge is 2.12. The molecular formula is C23H18FN3O3. The van der Waals surface area contributed by atoms with Crippen molar-refractivity contribution >= 4 is 22.5 Å². The lowest BCUT2D eigenvalue weighted by Crippen LogP contribution is -2.28. The zero-order valence-electron chi connectivity index (χ0n) is 16.1. The molecule has 4 rings (SSSR count). The molecule has 0 aliphatic carbocycles. The Morgan fingerprint density at radius 2 is 1.90 bits per heavy atom. The van der Waals surface area contributed by atoms with Gasteiger partial charge in [0.25, 0.3) is 5.56 Å². The maximum Gasteiger partial charge on any atom is 0.261 e. The Kier molecular flexibility index (Phi) is 5.26. The number of aryl methyl sites for hydroxylation is 1. The normalized spacial score (nSPS) is 10.7. The van der Waals surface area contributed by atoms with Gasteiger partial charge in [-0.1, -0.05) is 30.3 Å². The molecule has 1 heterocycles. The molecule has 0 atom stereocenters. The molecule has 0 radical (unpaired) electrons. The van der Waals surface area contributed by atoms with Crippen molar-refractivity contribution in [3.63, 3.8) is 0 Å². The molecule has 0 unspecified atom stereocenters. The second kappa shape index (κ2) is 8.16. The first-order chi connectivity index (χ1) is 14.5. The highest BCUT2D eigenvalue weighted by atomic mass is 19.1. The molecule has 150 valence electrons. The molecule has 0 spiro atoms. The Labute approximate surface area is 171 Å². The number of hydrogen-bond donors (Lipinski definition) is 1. The third-order valence-corrected chi connectivity index (χ3v) is 4.55. The molecule has 0 saturated carbocycles. The average molecular weight is 403 g/mol. The van der Waals surface area contributed by atoms with Gasteiger partial charge in [-0.15, -0.1) is 0 Å². The fraction of sp³-hybridized carbons (Fsp3) is 0.0870. The number of nitrogens with one attached hydrogen (secondary N) is 1. The Balaban J connectivity index is 1.55. The van der Waals surface area contributed by atoms with Gasteiger partial charge in [-0.05, 0) is 42.8 Å². The molecule has 4 aromatic rings. The molecule has 7 heteroatoms. The molecule has 1 N–H and O–H groups in total. The number of rotatable bonds is 5. The van der Waals surface area contributed by atoms with Gasteiger partial charge in [0, 0.05) is 6.07 Å². The SMILES string of the molecule is Cc1cccc2c(=O)n(CC(=O)Nc3ccccc3Oc3cccc(F)c3)cnc12. The highest BCUT2D eigenvalue weighted by molar-refractivity contribution is 5.92. The van der Waals surface area contributed by atoms with Gasteiger partial charge >= 0.3 is 0 Å². The number of benzene rings is 3. The van der Waals surface area contributed by atoms with Crippen LogP contribution in [0.3, 0.4) is 0 Å². The van der Waals surface area contributed by atoms with E-state index in [0.29, 0.717) is 28.1 Å². The number of amides is 1. The van der Waals surface area contributed by atoms with Gasteiger partial charge in [-0.2, -0.15) is 0 Å². The van der Waals surface area contributed by atoms with Crippen LogP contribution in [-0.2, 0) is 11.3 Å². The first-order valence-corrected chi connectivity index (χ1v) is 9.28. The summed E-state index contributed by atoms with van der Waals surface area (Å²) in [7, 11) is 0. The van der Waals surface area contributed by atoms with Crippen molar-refractivity contribution in [1.29, 1.82) is 0 Å². The largest absolute Gasteiger partial charge is 0.455 e. The van der Waals surface area contributed by atoms with E-state index in [4.69, 9.17) is 4.74 Å². The summed E-state index contributed by atoms with van der Waals surface area (Å²) in [6.07, 6.45) is 1.37. The maximum atomic E-state index is 13.4. The summed E-state index contributed by atoms with van der Waals surface area (Å²) in [5.41, 5.74) is 1.63. The quantitative estimate of drug-likeness (QED) is 0.540. The lowest BCUT2D eigenvalue weighted by molar-refractivity contribution is -0.116. The van der Waals surface area contributed by atoms with Gasteiger partial charge < -0.3 is 10.1 Å². The highest BCUT2D eigenvalue weighted by Crippen LogP contribution is 2.29. The molecule has 0 aliphatic rings. The van der Waals surface area contributed by atoms with Crippen LogP contribution in [0.1, 0.15) is 5.56 Å². The number of nitrogens with zero attached hydrogens (tertiary/aromatic N) is 2. The van der Waals surface area contributed by atoms with Crippen LogP contribution in [-0.4, -0.2) is 15.5 Å². The van der Waals surface area contributed by atoms with Crippen molar-refractivity contribution in [2.24, 2.45) is 0 Å². The van der Waals surface area contributed by atoms with E-state index in [1.165, 1.54) is 29.1 Å². The average Bonchev–Trinajstić information content (AvgIpc) is 2.72. The molecule has 6 nitrogen and oxygen atoms in total. The van der Waals surface area contributed by atoms with Crippen LogP contribution >= 0.6 is 0 Å². The van der Waals surface area contributed by atoms with Crippen LogP contribution in [0.5, 0.6) is 11.5 Å². The zero-order chi connectivity index (χ0) is 21.1. The fourth-order valence-electron chi connectivity index (χ4n) is 3.11. The van der Waals surface area contributed by atoms with Crippen molar-refractivity contribution in [3.05, 3.63) is 94.8 Å². The predicted octanol–water partition coefficient (Wildman–Crippen LogP) is 4.28. The van der Waals surface area contributed by atoms with Crippen LogP contribution in [0, 0.1) is 12.7 Å². The third-order valence-electron chi connectivity index (χ3n) is 4.55. The summed E-state index contributed by atoms with van der Waals surface area (Å²) >= 11 is 0. The summed E-state index contributed by atoms with van der Waals surface area (Å²) in [6.45, 7) is 1.67. The van der Waals surface area contributed by atoms with Gasteiger partial charge in [0.15, 0.2) is 5.75 Å². The summed E-state index contributed by atoms with van der Waals surface area (Å²) < 4.78 is 20.4. The van der Waals surface area contributed by atoms with Crippen molar-refractivity contribution in [2.45, 2.75) is 13.5 Å². The second-order valence-electron chi connectivity index (χ2n) is 6.75. The van der Waals surface area contributed by atoms with E-state index < -0.39 is 11.7 Å². The number of fused-ring (bicyclic) bond motifs is 1. The smallest absolute Gasteiger partial charge is 0.261 e. The van der Waals surface area contributed by atoms with Crippen LogP contribution < -0.4 is 15.6 Å². The summed E-state index contributed by atoms with van der Waals surface area (Å²) in [5, 5.41) is 3.19. The van der Waals surface area contributed by atoms with E-state index in [2.05, 4.69) is 10.3 Å². The summed E-state index contributed by atoms with van der Waals surface area (Å²) in [4.78, 5) is 29.6. The van der Waals surface area contributed by atoms with E-state index in [1.807, 2.05) is 13.0 Å². The van der Waals surface area contributed by atoms with Crippen LogP contribution in [0.2, 0.25) is 0 Å². The number of anilines is 1. The van der Waals surface area contributed by atoms with E-state index in [0.717, 1.165) is 5.56 Å². The van der Waals surface area contributed by atoms with Crippen LogP contribution in [0.4, 0.5) is 10.1 Å². The van der Waals surface area contributed by atoms with E-state index in [-0.39, 0.29) is 12.1 Å². The number of ether oxygens (including phenoxy) is 1. The number of hydrogen-bond acceptors (Lipinski definition) is 4. The maximum absolute atomic E-state index is 13.4. The molecule has 1 amide bonds. The van der Waals surface area contributed by atoms with E-state index >= 15 is 0 Å². The van der Waals surface area contributed by atoms with Gasteiger partial charge in [-0.3, -0.25) is 14.2 Å². The van der Waals surface area contributed by atoms with Crippen LogP contribution in [0.25, 0.3) is 10.9 Å². The zero-order valence-corrected chi connectivity index (χ0v) is 16.1. The van der Waals surface area contributed by atoms with E-state index in [1.54, 1.807) is 42.5 Å². The summed E-state index contributed by atoms with van der Waals surface area (Å²) in [5.74, 6) is -0.174. The lowest BCUT2D eigenvalue weighted by atomic mass is 10.1. The Morgan fingerprint density at radius 1 is 1.10 bits per heavy atom. The van der Waals surface area contributed by atoms with Gasteiger partial charge in [-0.25, -0.2) is 9.37 Å². The molecule has 30 heavy (non-hydrogen) atoms. The molecule has 0 aliphatic heterocycles. The van der Waals surface area contributed by atoms with Gasteiger partial charge in [0.2, 0.25) is 5.91 Å². The second-order valence-corrected chi connectivity index (χ2v) is 6.75. The Hall–Kier alpha value is -4.00. The lowest BCUT2D eigenvalue weighted by Gasteiger charge is -2.13. The molecule has 0 bridgehead atoms. The molecule has 0 saturated heterocycles. The van der Waals surface area contributed by atoms with Gasteiger partial charge in [0.05, 0.1) is 22.9 Å². The van der Waals surface area contributed by atoms with Crippen molar-refractivity contribution in [1.82, 2.24) is 9.55 Å². The predicted molar refractivity (Wildman–Crippen MR) is 112 cm³/mol. The Morgan fingerprint density at radius 3 is 2.73 bits per heavy atom. The standard InChI is InChI=1S/C23H18FN3O3/c1-15-6-4-9-18-22(15)25-14-27(23(18)29)13-21(28)26-19-10-2-3-11-20(19)30-17-8-5-7-16(24)12-17/h2-12,14H,13H2,1H3,(H,26,28). The van der Waals surface area contributed by atoms with E-state index in [9.17, 15) is 14.0 Å². The monoisotopic (exact) mass is 403 g/mol. The Bertz CT molecular complexity index is 1300. The molecular weight excluding hydrogens is 385 g/mol. The molecule has 0 fully saturated rings. The topological polar surface area (TPSA) is 73.2 Å². The van der Waals surface area contributed by atoms with Crippen molar-refractivity contribution in [3.8, 4) is 11.5 Å². The minimum atomic E-state index is -0.424. The fourth-order valence-corrected chi connectivity index (χ4v) is 3.11. The minimum absolute atomic E-state index is 0.204. The first kappa shape index (κ1) is 19.3. The number of carbonyl (C=O) groups excluding carboxylic acids is 1. The number of halogens is 1. The minimum Gasteiger partial charge on any atom is -0.455 e. The number of para-hydroxylation sites is 3. The van der Waals surface area contributed by atoms with Gasteiger partial charge in [0.1, 0.15) is 18.1 Å². The van der Waals surface area contributed by atoms with Crippen LogP contribution in [0.15, 0.2) is 77.9 Å². The molecule has 1 aromatic heterocycles. The van der Waals surface area contributed by atoms with Crippen molar-refractivity contribution < 1.29 is 13.9 Å². The third kappa shape index (κ3) is 4.05. The van der Waals surface area contributed by atoms with Crippen molar-refractivity contribution in [2.75, 3.05) is 5.32 Å². The summed E-state index contributed by atoms with van der Waals surface area (Å²) in [6, 6.07) is 17.9. The number of aromatic nitrogens is 2. The first-order valence-electron chi connectivity index (χ1n) is 9.28. The molecule has 3 aromatic carbocycles.